The van der Waals surface area contributed by atoms with Crippen molar-refractivity contribution in [1.29, 1.82) is 0 Å². The van der Waals surface area contributed by atoms with E-state index in [9.17, 15) is 4.79 Å². The minimum atomic E-state index is -0.230. The summed E-state index contributed by atoms with van der Waals surface area (Å²) >= 11 is 1.22. The number of amides is 1. The molecule has 1 atom stereocenters. The highest BCUT2D eigenvalue weighted by Crippen LogP contribution is 2.22. The smallest absolute Gasteiger partial charge is 0.410 e. The zero-order chi connectivity index (χ0) is 22.2. The highest BCUT2D eigenvalue weighted by atomic mass is 32.2. The first kappa shape index (κ1) is 23.3. The number of piperidine rings is 1. The first-order valence-electron chi connectivity index (χ1n) is 11.1. The summed E-state index contributed by atoms with van der Waals surface area (Å²) in [5.74, 6) is 1.75. The van der Waals surface area contributed by atoms with Gasteiger partial charge in [-0.1, -0.05) is 0 Å². The van der Waals surface area contributed by atoms with Gasteiger partial charge in [-0.2, -0.15) is 0 Å². The number of likely N-dealkylation sites (tertiary alicyclic amines) is 1. The van der Waals surface area contributed by atoms with Crippen LogP contribution in [0.15, 0.2) is 12.4 Å². The molecule has 1 amide bonds. The van der Waals surface area contributed by atoms with Gasteiger partial charge in [-0.25, -0.2) is 24.0 Å². The molecular formula is C20H31N5O6S. The van der Waals surface area contributed by atoms with Crippen molar-refractivity contribution in [3.05, 3.63) is 12.4 Å². The van der Waals surface area contributed by atoms with E-state index in [1.807, 2.05) is 0 Å². The molecule has 11 nitrogen and oxygen atoms in total. The second kappa shape index (κ2) is 11.8. The molecule has 32 heavy (non-hydrogen) atoms. The van der Waals surface area contributed by atoms with E-state index in [4.69, 9.17) is 18.5 Å². The van der Waals surface area contributed by atoms with Crippen molar-refractivity contribution in [2.24, 2.45) is 5.92 Å². The van der Waals surface area contributed by atoms with E-state index in [2.05, 4.69) is 24.1 Å². The number of hydrogen-bond acceptors (Lipinski definition) is 11. The van der Waals surface area contributed by atoms with Crippen molar-refractivity contribution in [3.63, 3.8) is 0 Å². The fraction of sp³-hybridized carbons (Fsp3) is 0.750. The fourth-order valence-electron chi connectivity index (χ4n) is 3.92. The van der Waals surface area contributed by atoms with Gasteiger partial charge in [0.2, 0.25) is 5.88 Å². The molecule has 178 valence electrons. The second-order valence-electron chi connectivity index (χ2n) is 8.05. The molecule has 0 N–H and O–H groups in total. The Kier molecular flexibility index (Phi) is 8.62. The molecule has 3 aliphatic rings. The second-order valence-corrected chi connectivity index (χ2v) is 8.85. The highest BCUT2D eigenvalue weighted by Gasteiger charge is 2.27. The van der Waals surface area contributed by atoms with Crippen molar-refractivity contribution in [2.45, 2.75) is 25.4 Å². The summed E-state index contributed by atoms with van der Waals surface area (Å²) in [6.07, 6.45) is 5.67. The van der Waals surface area contributed by atoms with E-state index in [0.717, 1.165) is 51.3 Å². The Bertz CT molecular complexity index is 707. The van der Waals surface area contributed by atoms with Gasteiger partial charge in [0.1, 0.15) is 24.2 Å². The molecule has 0 bridgehead atoms. The first-order valence-corrected chi connectivity index (χ1v) is 11.8. The topological polar surface area (TPSA) is 98.7 Å². The number of aromatic nitrogens is 2. The molecule has 12 heteroatoms. The standard InChI is InChI=1S/C20H31N5O6S/c1-27-31-32-25-9-7-23(8-10-25)18-12-22-19(13-21-18)29-14-16-2-5-24(6-3-16)20(26)30-17-4-11-28-15-17/h12-13,16-17H,2-11,14-15H2,1H3/t17-/m1/s1. The number of nitrogens with zero attached hydrogens (tertiary/aromatic N) is 5. The molecule has 1 aromatic rings. The van der Waals surface area contributed by atoms with Crippen LogP contribution in [-0.2, 0) is 18.7 Å². The molecule has 0 radical (unpaired) electrons. The molecule has 3 fully saturated rings. The number of hydrogen-bond donors (Lipinski definition) is 0. The van der Waals surface area contributed by atoms with Crippen LogP contribution < -0.4 is 9.64 Å². The monoisotopic (exact) mass is 469 g/mol. The van der Waals surface area contributed by atoms with E-state index in [-0.39, 0.29) is 12.2 Å². The van der Waals surface area contributed by atoms with Crippen LogP contribution >= 0.6 is 12.2 Å². The van der Waals surface area contributed by atoms with Gasteiger partial charge in [-0.3, -0.25) is 0 Å². The third-order valence-electron chi connectivity index (χ3n) is 5.88. The van der Waals surface area contributed by atoms with Gasteiger partial charge in [0, 0.05) is 45.7 Å². The first-order chi connectivity index (χ1) is 15.7. The van der Waals surface area contributed by atoms with Gasteiger partial charge in [-0.05, 0) is 18.8 Å². The third-order valence-corrected chi connectivity index (χ3v) is 6.65. The lowest BCUT2D eigenvalue weighted by Gasteiger charge is -2.33. The molecule has 0 unspecified atom stereocenters. The molecule has 0 aliphatic carbocycles. The molecule has 0 saturated carbocycles. The van der Waals surface area contributed by atoms with Crippen molar-refractivity contribution in [3.8, 4) is 5.88 Å². The molecular weight excluding hydrogens is 438 g/mol. The Morgan fingerprint density at radius 2 is 1.94 bits per heavy atom. The lowest BCUT2D eigenvalue weighted by atomic mass is 9.98. The molecule has 0 aromatic carbocycles. The summed E-state index contributed by atoms with van der Waals surface area (Å²) in [6, 6.07) is 0. The van der Waals surface area contributed by atoms with E-state index < -0.39 is 0 Å². The normalized spacial score (nSPS) is 22.8. The highest BCUT2D eigenvalue weighted by molar-refractivity contribution is 7.92. The molecule has 3 saturated heterocycles. The number of ether oxygens (including phenoxy) is 3. The van der Waals surface area contributed by atoms with Gasteiger partial charge in [-0.15, -0.1) is 4.33 Å². The number of anilines is 1. The molecule has 3 aliphatic heterocycles. The summed E-state index contributed by atoms with van der Waals surface area (Å²) < 4.78 is 23.6. The number of carbonyl (C=O) groups excluding carboxylic acids is 1. The average Bonchev–Trinajstić information content (AvgIpc) is 3.35. The van der Waals surface area contributed by atoms with Crippen molar-refractivity contribution >= 4 is 24.1 Å². The maximum absolute atomic E-state index is 12.2. The fourth-order valence-corrected chi connectivity index (χ4v) is 4.38. The van der Waals surface area contributed by atoms with Crippen molar-refractivity contribution in [2.75, 3.05) is 71.1 Å². The zero-order valence-corrected chi connectivity index (χ0v) is 19.2. The van der Waals surface area contributed by atoms with Gasteiger partial charge in [0.05, 0.1) is 39.3 Å². The summed E-state index contributed by atoms with van der Waals surface area (Å²) in [5.41, 5.74) is 0. The molecule has 0 spiro atoms. The Hall–Kier alpha value is -1.86. The lowest BCUT2D eigenvalue weighted by Crippen LogP contribution is -2.43. The van der Waals surface area contributed by atoms with Crippen molar-refractivity contribution < 1.29 is 28.2 Å². The Labute approximate surface area is 192 Å². The Morgan fingerprint density at radius 1 is 1.12 bits per heavy atom. The van der Waals surface area contributed by atoms with Crippen LogP contribution in [-0.4, -0.2) is 97.6 Å². The van der Waals surface area contributed by atoms with Crippen LogP contribution in [0.1, 0.15) is 19.3 Å². The van der Waals surface area contributed by atoms with Crippen LogP contribution in [0, 0.1) is 5.92 Å². The quantitative estimate of drug-likeness (QED) is 0.241. The van der Waals surface area contributed by atoms with E-state index in [0.29, 0.717) is 44.7 Å². The van der Waals surface area contributed by atoms with Crippen LogP contribution in [0.4, 0.5) is 10.6 Å². The zero-order valence-electron chi connectivity index (χ0n) is 18.4. The van der Waals surface area contributed by atoms with Gasteiger partial charge >= 0.3 is 6.09 Å². The van der Waals surface area contributed by atoms with Crippen LogP contribution in [0.25, 0.3) is 0 Å². The molecule has 4 heterocycles. The largest absolute Gasteiger partial charge is 0.476 e. The third kappa shape index (κ3) is 6.58. The van der Waals surface area contributed by atoms with Crippen LogP contribution in [0.2, 0.25) is 0 Å². The molecule has 1 aromatic heterocycles. The average molecular weight is 470 g/mol. The van der Waals surface area contributed by atoms with E-state index in [1.54, 1.807) is 17.3 Å². The Balaban J connectivity index is 1.14. The predicted molar refractivity (Wildman–Crippen MR) is 117 cm³/mol. The maximum atomic E-state index is 12.2. The molecule has 4 rings (SSSR count). The minimum absolute atomic E-state index is 0.0995. The minimum Gasteiger partial charge on any atom is -0.476 e. The van der Waals surface area contributed by atoms with Gasteiger partial charge < -0.3 is 24.0 Å². The summed E-state index contributed by atoms with van der Waals surface area (Å²) in [4.78, 5) is 29.8. The predicted octanol–water partition coefficient (Wildman–Crippen LogP) is 1.76. The van der Waals surface area contributed by atoms with E-state index in [1.165, 1.54) is 19.3 Å². The Morgan fingerprint density at radius 3 is 2.59 bits per heavy atom. The lowest BCUT2D eigenvalue weighted by molar-refractivity contribution is -0.163. The summed E-state index contributed by atoms with van der Waals surface area (Å²) in [7, 11) is 1.50. The number of carbonyl (C=O) groups is 1. The van der Waals surface area contributed by atoms with E-state index >= 15 is 0 Å². The van der Waals surface area contributed by atoms with Gasteiger partial charge in [0.25, 0.3) is 0 Å². The van der Waals surface area contributed by atoms with Gasteiger partial charge in [0.15, 0.2) is 0 Å². The van der Waals surface area contributed by atoms with Crippen LogP contribution in [0.5, 0.6) is 5.88 Å². The number of piperazine rings is 1. The maximum Gasteiger partial charge on any atom is 0.410 e. The summed E-state index contributed by atoms with van der Waals surface area (Å²) in [5, 5.41) is 0. The SMILES string of the molecule is COOSN1CCN(c2cnc(OCC3CCN(C(=O)O[C@@H]4CCOC4)CC3)cn2)CC1. The van der Waals surface area contributed by atoms with Crippen molar-refractivity contribution in [1.82, 2.24) is 19.2 Å². The summed E-state index contributed by atoms with van der Waals surface area (Å²) in [6.45, 7) is 6.48. The number of rotatable bonds is 8. The van der Waals surface area contributed by atoms with Crippen LogP contribution in [0.3, 0.4) is 0 Å².